The molecule has 0 aliphatic carbocycles. The Morgan fingerprint density at radius 3 is 2.59 bits per heavy atom. The zero-order valence-electron chi connectivity index (χ0n) is 20.0. The summed E-state index contributed by atoms with van der Waals surface area (Å²) in [5.74, 6) is 1.19. The number of urea groups is 1. The van der Waals surface area contributed by atoms with E-state index in [0.29, 0.717) is 52.3 Å². The normalized spacial score (nSPS) is 15.5. The first-order chi connectivity index (χ1) is 18.2. The van der Waals surface area contributed by atoms with Crippen LogP contribution in [-0.2, 0) is 4.74 Å². The number of nitrogens with one attached hydrogen (secondary N) is 2. The molecule has 2 aliphatic heterocycles. The molecule has 9 nitrogen and oxygen atoms in total. The van der Waals surface area contributed by atoms with Crippen LogP contribution in [0.25, 0.3) is 10.2 Å². The van der Waals surface area contributed by atoms with Crippen LogP contribution in [0.4, 0.5) is 21.9 Å². The number of ether oxygens (including phenoxy) is 2. The molecule has 10 heteroatoms. The van der Waals surface area contributed by atoms with E-state index >= 15 is 0 Å². The molecule has 0 radical (unpaired) electrons. The molecule has 2 aromatic heterocycles. The number of pyridine rings is 1. The second-order valence-electron chi connectivity index (χ2n) is 8.70. The Labute approximate surface area is 217 Å². The summed E-state index contributed by atoms with van der Waals surface area (Å²) in [4.78, 5) is 35.8. The third-order valence-electron chi connectivity index (χ3n) is 6.34. The van der Waals surface area contributed by atoms with E-state index in [4.69, 9.17) is 9.47 Å². The molecule has 0 bridgehead atoms. The van der Waals surface area contributed by atoms with E-state index in [1.165, 1.54) is 11.3 Å². The molecular weight excluding hydrogens is 490 g/mol. The molecule has 1 fully saturated rings. The van der Waals surface area contributed by atoms with Gasteiger partial charge in [0, 0.05) is 32.4 Å². The van der Waals surface area contributed by atoms with Gasteiger partial charge in [-0.25, -0.2) is 9.78 Å². The number of morpholine rings is 1. The first kappa shape index (κ1) is 23.4. The van der Waals surface area contributed by atoms with E-state index in [9.17, 15) is 9.59 Å². The lowest BCUT2D eigenvalue weighted by molar-refractivity contribution is 0.0383. The number of amides is 3. The lowest BCUT2D eigenvalue weighted by Gasteiger charge is -2.28. The Morgan fingerprint density at radius 1 is 1.05 bits per heavy atom. The lowest BCUT2D eigenvalue weighted by Crippen LogP contribution is -2.41. The highest BCUT2D eigenvalue weighted by Crippen LogP contribution is 2.45. The van der Waals surface area contributed by atoms with Crippen LogP contribution in [0.3, 0.4) is 0 Å². The quantitative estimate of drug-likeness (QED) is 0.366. The topological polar surface area (TPSA) is 96.0 Å². The van der Waals surface area contributed by atoms with Gasteiger partial charge in [0.05, 0.1) is 35.7 Å². The van der Waals surface area contributed by atoms with Gasteiger partial charge < -0.3 is 20.1 Å². The minimum atomic E-state index is -0.336. The molecule has 0 spiro atoms. The van der Waals surface area contributed by atoms with Crippen LogP contribution in [0.15, 0.2) is 66.9 Å². The minimum Gasteiger partial charge on any atom is -0.457 e. The number of aromatic nitrogens is 1. The van der Waals surface area contributed by atoms with Crippen LogP contribution in [0, 0.1) is 0 Å². The van der Waals surface area contributed by atoms with Gasteiger partial charge in [-0.15, -0.1) is 11.3 Å². The van der Waals surface area contributed by atoms with Crippen LogP contribution in [0.2, 0.25) is 0 Å². The summed E-state index contributed by atoms with van der Waals surface area (Å²) in [6, 6.07) is 18.3. The van der Waals surface area contributed by atoms with Crippen LogP contribution in [-0.4, -0.2) is 61.2 Å². The molecule has 3 amide bonds. The van der Waals surface area contributed by atoms with Crippen molar-refractivity contribution in [1.82, 2.24) is 15.2 Å². The monoisotopic (exact) mass is 515 g/mol. The van der Waals surface area contributed by atoms with Crippen molar-refractivity contribution in [2.45, 2.75) is 0 Å². The maximum atomic E-state index is 13.3. The lowest BCUT2D eigenvalue weighted by atomic mass is 10.1. The van der Waals surface area contributed by atoms with Crippen LogP contribution >= 0.6 is 11.3 Å². The largest absolute Gasteiger partial charge is 0.457 e. The van der Waals surface area contributed by atoms with Gasteiger partial charge in [-0.05, 0) is 42.5 Å². The molecule has 4 heterocycles. The van der Waals surface area contributed by atoms with Gasteiger partial charge in [0.1, 0.15) is 21.2 Å². The summed E-state index contributed by atoms with van der Waals surface area (Å²) < 4.78 is 11.3. The van der Waals surface area contributed by atoms with Gasteiger partial charge in [-0.3, -0.25) is 14.6 Å². The molecule has 0 unspecified atom stereocenters. The summed E-state index contributed by atoms with van der Waals surface area (Å²) >= 11 is 1.28. The molecule has 0 saturated carbocycles. The van der Waals surface area contributed by atoms with E-state index in [1.54, 1.807) is 17.2 Å². The van der Waals surface area contributed by atoms with Crippen molar-refractivity contribution in [3.8, 4) is 11.5 Å². The number of thiophene rings is 1. The van der Waals surface area contributed by atoms with Crippen LogP contribution < -0.4 is 20.3 Å². The molecule has 0 atom stereocenters. The summed E-state index contributed by atoms with van der Waals surface area (Å²) in [6.07, 6.45) is 1.66. The fraction of sp³-hybridized carbons (Fsp3) is 0.222. The average molecular weight is 516 g/mol. The molecular formula is C27H25N5O4S. The third-order valence-corrected chi connectivity index (χ3v) is 7.44. The summed E-state index contributed by atoms with van der Waals surface area (Å²) in [5, 5.41) is 6.69. The molecule has 4 aromatic rings. The highest BCUT2D eigenvalue weighted by Gasteiger charge is 2.32. The number of hydrogen-bond acceptors (Lipinski definition) is 7. The Hall–Kier alpha value is -3.99. The first-order valence-electron chi connectivity index (χ1n) is 12.1. The highest BCUT2D eigenvalue weighted by atomic mass is 32.1. The Kier molecular flexibility index (Phi) is 6.44. The number of hydrogen-bond donors (Lipinski definition) is 2. The Bertz CT molecular complexity index is 1430. The second kappa shape index (κ2) is 10.2. The van der Waals surface area contributed by atoms with Gasteiger partial charge in [-0.2, -0.15) is 0 Å². The molecule has 1 saturated heterocycles. The third kappa shape index (κ3) is 4.74. The highest BCUT2D eigenvalue weighted by molar-refractivity contribution is 7.21. The number of rotatable bonds is 7. The van der Waals surface area contributed by atoms with Crippen molar-refractivity contribution in [2.75, 3.05) is 49.6 Å². The van der Waals surface area contributed by atoms with Gasteiger partial charge in [0.2, 0.25) is 0 Å². The van der Waals surface area contributed by atoms with Crippen molar-refractivity contribution in [1.29, 1.82) is 0 Å². The van der Waals surface area contributed by atoms with E-state index < -0.39 is 0 Å². The molecule has 2 aliphatic rings. The van der Waals surface area contributed by atoms with Crippen molar-refractivity contribution in [2.24, 2.45) is 0 Å². The summed E-state index contributed by atoms with van der Waals surface area (Å²) in [6.45, 7) is 4.43. The van der Waals surface area contributed by atoms with Crippen molar-refractivity contribution < 1.29 is 19.1 Å². The average Bonchev–Trinajstić information content (AvgIpc) is 3.30. The predicted molar refractivity (Wildman–Crippen MR) is 143 cm³/mol. The molecule has 2 N–H and O–H groups in total. The molecule has 188 valence electrons. The van der Waals surface area contributed by atoms with E-state index in [0.717, 1.165) is 30.8 Å². The molecule has 2 aromatic carbocycles. The fourth-order valence-corrected chi connectivity index (χ4v) is 5.56. The number of para-hydroxylation sites is 1. The second-order valence-corrected chi connectivity index (χ2v) is 9.70. The Balaban J connectivity index is 1.23. The SMILES string of the molecule is O=C(NCCN1CCOCC1)c1sc2nccc3c2c1NC(=O)N3c1ccc(Oc2ccccc2)cc1. The standard InChI is InChI=1S/C27H25N5O4S/c33-25(28-12-13-31-14-16-35-17-15-31)24-23-22-21(10-11-29-26(22)37-24)32(27(34)30-23)18-6-8-20(9-7-18)36-19-4-2-1-3-5-19/h1-11H,12-17H2,(H,28,33)(H,30,34). The number of anilines is 3. The number of carbonyl (C=O) groups is 2. The number of nitrogens with zero attached hydrogens (tertiary/aromatic N) is 3. The van der Waals surface area contributed by atoms with E-state index in [2.05, 4.69) is 20.5 Å². The van der Waals surface area contributed by atoms with Gasteiger partial charge in [-0.1, -0.05) is 18.2 Å². The Morgan fingerprint density at radius 2 is 1.81 bits per heavy atom. The van der Waals surface area contributed by atoms with Crippen molar-refractivity contribution in [3.63, 3.8) is 0 Å². The van der Waals surface area contributed by atoms with Gasteiger partial charge in [0.15, 0.2) is 0 Å². The summed E-state index contributed by atoms with van der Waals surface area (Å²) in [7, 11) is 0. The van der Waals surface area contributed by atoms with Crippen LogP contribution in [0.1, 0.15) is 9.67 Å². The smallest absolute Gasteiger partial charge is 0.331 e. The maximum Gasteiger partial charge on any atom is 0.331 e. The van der Waals surface area contributed by atoms with Crippen molar-refractivity contribution >= 4 is 50.6 Å². The zero-order valence-corrected chi connectivity index (χ0v) is 20.8. The van der Waals surface area contributed by atoms with Crippen LogP contribution in [0.5, 0.6) is 11.5 Å². The fourth-order valence-electron chi connectivity index (χ4n) is 4.52. The van der Waals surface area contributed by atoms with Gasteiger partial charge >= 0.3 is 6.03 Å². The zero-order chi connectivity index (χ0) is 25.2. The van der Waals surface area contributed by atoms with Gasteiger partial charge in [0.25, 0.3) is 5.91 Å². The minimum absolute atomic E-state index is 0.214. The first-order valence-corrected chi connectivity index (χ1v) is 12.9. The number of carbonyl (C=O) groups excluding carboxylic acids is 2. The van der Waals surface area contributed by atoms with E-state index in [1.807, 2.05) is 54.6 Å². The summed E-state index contributed by atoms with van der Waals surface area (Å²) in [5.41, 5.74) is 1.88. The molecule has 37 heavy (non-hydrogen) atoms. The maximum absolute atomic E-state index is 13.3. The molecule has 6 rings (SSSR count). The number of benzene rings is 2. The van der Waals surface area contributed by atoms with E-state index in [-0.39, 0.29) is 11.9 Å². The predicted octanol–water partition coefficient (Wildman–Crippen LogP) is 4.83. The van der Waals surface area contributed by atoms with Crippen molar-refractivity contribution in [3.05, 3.63) is 71.7 Å².